The average molecular weight is 327 g/mol. The number of nitrogens with zero attached hydrogens (tertiary/aromatic N) is 2. The molecule has 7 heteroatoms. The molecule has 0 heterocycles. The van der Waals surface area contributed by atoms with Crippen molar-refractivity contribution in [2.75, 3.05) is 13.1 Å². The van der Waals surface area contributed by atoms with Gasteiger partial charge in [0.25, 0.3) is 5.69 Å². The number of terminal acetylenes is 1. The van der Waals surface area contributed by atoms with Crippen LogP contribution in [0.5, 0.6) is 0 Å². The Balaban J connectivity index is 2.88. The second kappa shape index (κ2) is 6.87. The summed E-state index contributed by atoms with van der Waals surface area (Å²) < 4.78 is 0.550. The Kier molecular flexibility index (Phi) is 5.48. The van der Waals surface area contributed by atoms with Gasteiger partial charge in [-0.05, 0) is 11.6 Å². The van der Waals surface area contributed by atoms with E-state index in [9.17, 15) is 14.9 Å². The van der Waals surface area contributed by atoms with Gasteiger partial charge < -0.3 is 5.11 Å². The molecule has 19 heavy (non-hydrogen) atoms. The largest absolute Gasteiger partial charge is 0.480 e. The van der Waals surface area contributed by atoms with Crippen LogP contribution >= 0.6 is 15.9 Å². The van der Waals surface area contributed by atoms with Crippen molar-refractivity contribution in [3.63, 3.8) is 0 Å². The molecular weight excluding hydrogens is 316 g/mol. The molecule has 0 aliphatic rings. The zero-order valence-corrected chi connectivity index (χ0v) is 11.5. The molecule has 0 aliphatic carbocycles. The maximum absolute atomic E-state index is 10.7. The lowest BCUT2D eigenvalue weighted by atomic mass is 10.2. The van der Waals surface area contributed by atoms with Gasteiger partial charge in [-0.15, -0.1) is 6.42 Å². The van der Waals surface area contributed by atoms with Gasteiger partial charge in [-0.1, -0.05) is 21.9 Å². The van der Waals surface area contributed by atoms with Crippen molar-refractivity contribution in [3.8, 4) is 12.3 Å². The number of benzene rings is 1. The first-order valence-corrected chi connectivity index (χ1v) is 6.03. The van der Waals surface area contributed by atoms with Crippen LogP contribution in [0, 0.1) is 22.5 Å². The van der Waals surface area contributed by atoms with Gasteiger partial charge in [0.15, 0.2) is 0 Å². The highest BCUT2D eigenvalue weighted by molar-refractivity contribution is 9.10. The number of nitro benzene ring substituents is 1. The summed E-state index contributed by atoms with van der Waals surface area (Å²) in [6.07, 6.45) is 5.18. The van der Waals surface area contributed by atoms with E-state index >= 15 is 0 Å². The van der Waals surface area contributed by atoms with Gasteiger partial charge in [0.2, 0.25) is 0 Å². The molecule has 0 saturated heterocycles. The predicted octanol–water partition coefficient (Wildman–Crippen LogP) is 1.88. The Morgan fingerprint density at radius 2 is 2.26 bits per heavy atom. The van der Waals surface area contributed by atoms with Crippen LogP contribution < -0.4 is 0 Å². The molecule has 0 amide bonds. The number of non-ortho nitro benzene ring substituents is 1. The fourth-order valence-corrected chi connectivity index (χ4v) is 2.00. The maximum Gasteiger partial charge on any atom is 0.317 e. The Bertz CT molecular complexity index is 539. The number of hydrogen-bond acceptors (Lipinski definition) is 4. The molecule has 0 saturated carbocycles. The molecular formula is C12H11BrN2O4. The van der Waals surface area contributed by atoms with Gasteiger partial charge in [-0.25, -0.2) is 0 Å². The third-order valence-corrected chi connectivity index (χ3v) is 3.05. The van der Waals surface area contributed by atoms with E-state index in [-0.39, 0.29) is 18.8 Å². The number of nitro groups is 1. The van der Waals surface area contributed by atoms with E-state index in [0.29, 0.717) is 11.0 Å². The molecule has 0 bridgehead atoms. The summed E-state index contributed by atoms with van der Waals surface area (Å²) in [6.45, 7) is 0.304. The molecule has 0 radical (unpaired) electrons. The molecule has 1 aromatic rings. The maximum atomic E-state index is 10.7. The van der Waals surface area contributed by atoms with Gasteiger partial charge in [-0.2, -0.15) is 0 Å². The second-order valence-corrected chi connectivity index (χ2v) is 4.63. The normalized spacial score (nSPS) is 10.2. The highest BCUT2D eigenvalue weighted by atomic mass is 79.9. The van der Waals surface area contributed by atoms with Crippen molar-refractivity contribution in [1.82, 2.24) is 4.90 Å². The Hall–Kier alpha value is -1.91. The minimum atomic E-state index is -0.978. The SMILES string of the molecule is C#CCN(CC(=O)O)Cc1ccc([N+](=O)[O-])cc1Br. The highest BCUT2D eigenvalue weighted by Crippen LogP contribution is 2.24. The van der Waals surface area contributed by atoms with Crippen LogP contribution in [0.2, 0.25) is 0 Å². The van der Waals surface area contributed by atoms with Gasteiger partial charge >= 0.3 is 5.97 Å². The van der Waals surface area contributed by atoms with E-state index in [1.807, 2.05) is 0 Å². The molecule has 1 rings (SSSR count). The summed E-state index contributed by atoms with van der Waals surface area (Å²) in [5.41, 5.74) is 0.708. The number of rotatable bonds is 6. The van der Waals surface area contributed by atoms with E-state index in [4.69, 9.17) is 11.5 Å². The minimum absolute atomic E-state index is 0.0302. The fraction of sp³-hybridized carbons (Fsp3) is 0.250. The molecule has 0 spiro atoms. The van der Waals surface area contributed by atoms with Crippen LogP contribution in [0.25, 0.3) is 0 Å². The van der Waals surface area contributed by atoms with Crippen molar-refractivity contribution in [3.05, 3.63) is 38.3 Å². The first kappa shape index (κ1) is 15.1. The summed E-state index contributed by atoms with van der Waals surface area (Å²) in [7, 11) is 0. The van der Waals surface area contributed by atoms with Crippen molar-refractivity contribution >= 4 is 27.6 Å². The summed E-state index contributed by atoms with van der Waals surface area (Å²) in [5, 5.41) is 19.4. The van der Waals surface area contributed by atoms with Crippen LogP contribution in [-0.2, 0) is 11.3 Å². The number of aliphatic carboxylic acids is 1. The molecule has 1 N–H and O–H groups in total. The summed E-state index contributed by atoms with van der Waals surface area (Å²) in [6, 6.07) is 4.33. The minimum Gasteiger partial charge on any atom is -0.480 e. The van der Waals surface area contributed by atoms with E-state index < -0.39 is 10.9 Å². The van der Waals surface area contributed by atoms with Gasteiger partial charge in [0.1, 0.15) is 0 Å². The lowest BCUT2D eigenvalue weighted by Gasteiger charge is -2.18. The van der Waals surface area contributed by atoms with Crippen molar-refractivity contribution in [1.29, 1.82) is 0 Å². The van der Waals surface area contributed by atoms with Crippen LogP contribution in [-0.4, -0.2) is 34.0 Å². The third kappa shape index (κ3) is 4.69. The monoisotopic (exact) mass is 326 g/mol. The van der Waals surface area contributed by atoms with Crippen molar-refractivity contribution in [2.24, 2.45) is 0 Å². The van der Waals surface area contributed by atoms with Crippen molar-refractivity contribution in [2.45, 2.75) is 6.54 Å². The standard InChI is InChI=1S/C12H11BrN2O4/c1-2-5-14(8-12(16)17)7-9-3-4-10(15(18)19)6-11(9)13/h1,3-4,6H,5,7-8H2,(H,16,17). The molecule has 0 unspecified atom stereocenters. The quantitative estimate of drug-likeness (QED) is 0.490. The lowest BCUT2D eigenvalue weighted by Crippen LogP contribution is -2.29. The predicted molar refractivity (Wildman–Crippen MR) is 72.5 cm³/mol. The van der Waals surface area contributed by atoms with Crippen LogP contribution in [0.4, 0.5) is 5.69 Å². The molecule has 6 nitrogen and oxygen atoms in total. The Morgan fingerprint density at radius 1 is 1.58 bits per heavy atom. The second-order valence-electron chi connectivity index (χ2n) is 3.78. The first-order valence-electron chi connectivity index (χ1n) is 5.24. The summed E-state index contributed by atoms with van der Waals surface area (Å²) in [4.78, 5) is 22.4. The number of carbonyl (C=O) groups is 1. The van der Waals surface area contributed by atoms with Gasteiger partial charge in [0, 0.05) is 23.2 Å². The zero-order valence-electron chi connectivity index (χ0n) is 9.88. The van der Waals surface area contributed by atoms with Crippen LogP contribution in [0.15, 0.2) is 22.7 Å². The van der Waals surface area contributed by atoms with Crippen molar-refractivity contribution < 1.29 is 14.8 Å². The number of hydrogen-bond donors (Lipinski definition) is 1. The first-order chi connectivity index (χ1) is 8.93. The molecule has 100 valence electrons. The van der Waals surface area contributed by atoms with Gasteiger partial charge in [-0.3, -0.25) is 19.8 Å². The lowest BCUT2D eigenvalue weighted by molar-refractivity contribution is -0.384. The summed E-state index contributed by atoms with van der Waals surface area (Å²) >= 11 is 3.23. The Morgan fingerprint density at radius 3 is 2.74 bits per heavy atom. The zero-order chi connectivity index (χ0) is 14.4. The van der Waals surface area contributed by atoms with Gasteiger partial charge in [0.05, 0.1) is 18.0 Å². The van der Waals surface area contributed by atoms with E-state index in [1.54, 1.807) is 11.0 Å². The smallest absolute Gasteiger partial charge is 0.317 e. The van der Waals surface area contributed by atoms with E-state index in [2.05, 4.69) is 21.9 Å². The van der Waals surface area contributed by atoms with Crippen LogP contribution in [0.3, 0.4) is 0 Å². The molecule has 0 atom stereocenters. The topological polar surface area (TPSA) is 83.7 Å². The number of carboxylic acid groups (broad SMARTS) is 1. The van der Waals surface area contributed by atoms with E-state index in [1.165, 1.54) is 12.1 Å². The third-order valence-electron chi connectivity index (χ3n) is 2.32. The number of halogens is 1. The van der Waals surface area contributed by atoms with Crippen LogP contribution in [0.1, 0.15) is 5.56 Å². The molecule has 0 aliphatic heterocycles. The molecule has 0 fully saturated rings. The molecule has 1 aromatic carbocycles. The summed E-state index contributed by atoms with van der Waals surface area (Å²) in [5.74, 6) is 1.40. The fourth-order valence-electron chi connectivity index (χ4n) is 1.51. The van der Waals surface area contributed by atoms with E-state index in [0.717, 1.165) is 5.56 Å². The molecule has 0 aromatic heterocycles. The number of carboxylic acids is 1. The Labute approximate surface area is 118 Å². The average Bonchev–Trinajstić information content (AvgIpc) is 2.31. The highest BCUT2D eigenvalue weighted by Gasteiger charge is 2.13.